The van der Waals surface area contributed by atoms with Crippen LogP contribution in [0.5, 0.6) is 0 Å². The smallest absolute Gasteiger partial charge is 0.142 e. The molecule has 0 spiro atoms. The molecule has 0 unspecified atom stereocenters. The van der Waals surface area contributed by atoms with Crippen LogP contribution in [0.25, 0.3) is 0 Å². The van der Waals surface area contributed by atoms with Gasteiger partial charge in [-0.3, -0.25) is 0 Å². The minimum atomic E-state index is -0.283. The zero-order chi connectivity index (χ0) is 13.7. The van der Waals surface area contributed by atoms with Gasteiger partial charge in [0.05, 0.1) is 16.3 Å². The van der Waals surface area contributed by atoms with Gasteiger partial charge in [-0.1, -0.05) is 46.6 Å². The van der Waals surface area contributed by atoms with Crippen LogP contribution < -0.4 is 0 Å². The van der Waals surface area contributed by atoms with Crippen LogP contribution in [0.15, 0.2) is 47.6 Å². The summed E-state index contributed by atoms with van der Waals surface area (Å²) in [6.45, 7) is 0.286. The molecule has 0 saturated carbocycles. The van der Waals surface area contributed by atoms with Crippen LogP contribution in [0, 0.1) is 5.82 Å². The van der Waals surface area contributed by atoms with Gasteiger partial charge >= 0.3 is 0 Å². The Kier molecular flexibility index (Phi) is 4.77. The van der Waals surface area contributed by atoms with E-state index in [1.165, 1.54) is 18.3 Å². The molecule has 0 aliphatic rings. The zero-order valence-electron chi connectivity index (χ0n) is 9.82. The number of rotatable bonds is 4. The highest BCUT2D eigenvalue weighted by atomic mass is 35.5. The van der Waals surface area contributed by atoms with Gasteiger partial charge in [-0.15, -0.1) is 0 Å². The average molecular weight is 298 g/mol. The minimum absolute atomic E-state index is 0.283. The van der Waals surface area contributed by atoms with Crippen LogP contribution in [0.1, 0.15) is 11.1 Å². The number of hydrogen-bond acceptors (Lipinski definition) is 2. The Bertz CT molecular complexity index is 584. The highest BCUT2D eigenvalue weighted by Gasteiger charge is 1.99. The van der Waals surface area contributed by atoms with Crippen molar-refractivity contribution in [2.45, 2.75) is 6.61 Å². The number of benzene rings is 2. The fourth-order valence-electron chi connectivity index (χ4n) is 1.39. The molecule has 2 aromatic rings. The summed E-state index contributed by atoms with van der Waals surface area (Å²) in [5.41, 5.74) is 1.63. The van der Waals surface area contributed by atoms with Crippen molar-refractivity contribution < 1.29 is 9.23 Å². The van der Waals surface area contributed by atoms with Crippen molar-refractivity contribution in [1.29, 1.82) is 0 Å². The first-order chi connectivity index (χ1) is 9.15. The van der Waals surface area contributed by atoms with Crippen molar-refractivity contribution in [3.05, 3.63) is 69.5 Å². The van der Waals surface area contributed by atoms with E-state index < -0.39 is 0 Å². The second-order valence-corrected chi connectivity index (χ2v) is 4.62. The summed E-state index contributed by atoms with van der Waals surface area (Å²) < 4.78 is 12.7. The van der Waals surface area contributed by atoms with Crippen LogP contribution in [0.3, 0.4) is 0 Å². The molecule has 2 rings (SSSR count). The summed E-state index contributed by atoms with van der Waals surface area (Å²) in [6.07, 6.45) is 1.51. The Morgan fingerprint density at radius 3 is 2.47 bits per heavy atom. The topological polar surface area (TPSA) is 21.6 Å². The van der Waals surface area contributed by atoms with Crippen molar-refractivity contribution in [3.63, 3.8) is 0 Å². The maximum atomic E-state index is 12.7. The molecule has 2 nitrogen and oxygen atoms in total. The predicted octanol–water partition coefficient (Wildman–Crippen LogP) is 4.68. The van der Waals surface area contributed by atoms with E-state index in [1.54, 1.807) is 24.3 Å². The normalized spacial score (nSPS) is 10.9. The Morgan fingerprint density at radius 2 is 1.79 bits per heavy atom. The van der Waals surface area contributed by atoms with Gasteiger partial charge in [-0.05, 0) is 35.4 Å². The Balaban J connectivity index is 1.89. The van der Waals surface area contributed by atoms with Crippen molar-refractivity contribution in [2.75, 3.05) is 0 Å². The molecule has 0 fully saturated rings. The number of halogens is 3. The summed E-state index contributed by atoms with van der Waals surface area (Å²) in [5.74, 6) is -0.283. The lowest BCUT2D eigenvalue weighted by Crippen LogP contribution is -1.88. The van der Waals surface area contributed by atoms with Crippen LogP contribution in [0.2, 0.25) is 10.0 Å². The molecule has 0 aliphatic carbocycles. The highest BCUT2D eigenvalue weighted by Crippen LogP contribution is 2.22. The first-order valence-electron chi connectivity index (χ1n) is 5.50. The van der Waals surface area contributed by atoms with Gasteiger partial charge in [0, 0.05) is 0 Å². The minimum Gasteiger partial charge on any atom is -0.391 e. The van der Waals surface area contributed by atoms with Gasteiger partial charge in [-0.2, -0.15) is 0 Å². The molecule has 0 saturated heterocycles. The molecule has 5 heteroatoms. The molecule has 2 aromatic carbocycles. The highest BCUT2D eigenvalue weighted by molar-refractivity contribution is 6.42. The molecular formula is C14H10Cl2FNO. The van der Waals surface area contributed by atoms with E-state index in [0.717, 1.165) is 11.1 Å². The summed E-state index contributed by atoms with van der Waals surface area (Å²) >= 11 is 11.7. The fourth-order valence-corrected chi connectivity index (χ4v) is 1.71. The average Bonchev–Trinajstić information content (AvgIpc) is 2.41. The predicted molar refractivity (Wildman–Crippen MR) is 75.2 cm³/mol. The van der Waals surface area contributed by atoms with Crippen LogP contribution in [-0.2, 0) is 11.4 Å². The van der Waals surface area contributed by atoms with E-state index >= 15 is 0 Å². The molecule has 0 aliphatic heterocycles. The van der Waals surface area contributed by atoms with Gasteiger partial charge in [0.2, 0.25) is 0 Å². The van der Waals surface area contributed by atoms with E-state index in [1.807, 2.05) is 6.07 Å². The quantitative estimate of drug-likeness (QED) is 0.593. The first kappa shape index (κ1) is 13.8. The molecule has 0 aromatic heterocycles. The molecule has 0 bridgehead atoms. The molecule has 19 heavy (non-hydrogen) atoms. The third-order valence-electron chi connectivity index (χ3n) is 2.36. The molecule has 0 radical (unpaired) electrons. The SMILES string of the molecule is Fc1ccc(/C=N/OCc2ccc(Cl)c(Cl)c2)cc1. The lowest BCUT2D eigenvalue weighted by Gasteiger charge is -2.01. The maximum absolute atomic E-state index is 12.7. The number of hydrogen-bond donors (Lipinski definition) is 0. The Morgan fingerprint density at radius 1 is 1.05 bits per heavy atom. The van der Waals surface area contributed by atoms with Crippen molar-refractivity contribution in [2.24, 2.45) is 5.16 Å². The number of nitrogens with zero attached hydrogens (tertiary/aromatic N) is 1. The van der Waals surface area contributed by atoms with E-state index in [2.05, 4.69) is 5.16 Å². The second-order valence-electron chi connectivity index (χ2n) is 3.81. The van der Waals surface area contributed by atoms with Gasteiger partial charge in [-0.25, -0.2) is 4.39 Å². The van der Waals surface area contributed by atoms with E-state index in [-0.39, 0.29) is 12.4 Å². The Hall–Kier alpha value is -1.58. The van der Waals surface area contributed by atoms with E-state index in [0.29, 0.717) is 10.0 Å². The third-order valence-corrected chi connectivity index (χ3v) is 3.10. The van der Waals surface area contributed by atoms with Gasteiger partial charge < -0.3 is 4.84 Å². The zero-order valence-corrected chi connectivity index (χ0v) is 11.3. The summed E-state index contributed by atoms with van der Waals surface area (Å²) in [4.78, 5) is 5.12. The van der Waals surface area contributed by atoms with Gasteiger partial charge in [0.25, 0.3) is 0 Å². The summed E-state index contributed by atoms with van der Waals surface area (Å²) in [6, 6.07) is 11.2. The summed E-state index contributed by atoms with van der Waals surface area (Å²) in [5, 5.41) is 4.77. The standard InChI is InChI=1S/C14H10Cl2FNO/c15-13-6-3-11(7-14(13)16)9-19-18-8-10-1-4-12(17)5-2-10/h1-8H,9H2/b18-8+. The molecule has 98 valence electrons. The Labute approximate surface area is 120 Å². The lowest BCUT2D eigenvalue weighted by molar-refractivity contribution is 0.132. The van der Waals surface area contributed by atoms with Crippen molar-refractivity contribution >= 4 is 29.4 Å². The van der Waals surface area contributed by atoms with Crippen molar-refractivity contribution in [3.8, 4) is 0 Å². The maximum Gasteiger partial charge on any atom is 0.142 e. The first-order valence-corrected chi connectivity index (χ1v) is 6.25. The van der Waals surface area contributed by atoms with E-state index in [9.17, 15) is 4.39 Å². The molecule has 0 amide bonds. The van der Waals surface area contributed by atoms with E-state index in [4.69, 9.17) is 28.0 Å². The van der Waals surface area contributed by atoms with Gasteiger partial charge in [0.15, 0.2) is 0 Å². The monoisotopic (exact) mass is 297 g/mol. The van der Waals surface area contributed by atoms with Crippen LogP contribution in [-0.4, -0.2) is 6.21 Å². The molecule has 0 heterocycles. The number of oxime groups is 1. The molecular weight excluding hydrogens is 288 g/mol. The van der Waals surface area contributed by atoms with Crippen LogP contribution in [0.4, 0.5) is 4.39 Å². The lowest BCUT2D eigenvalue weighted by atomic mass is 10.2. The summed E-state index contributed by atoms with van der Waals surface area (Å²) in [7, 11) is 0. The molecule has 0 atom stereocenters. The third kappa shape index (κ3) is 4.23. The van der Waals surface area contributed by atoms with Crippen molar-refractivity contribution in [1.82, 2.24) is 0 Å². The second kappa shape index (κ2) is 6.55. The fraction of sp³-hybridized carbons (Fsp3) is 0.0714. The van der Waals surface area contributed by atoms with Gasteiger partial charge in [0.1, 0.15) is 12.4 Å². The van der Waals surface area contributed by atoms with Crippen LogP contribution >= 0.6 is 23.2 Å². The largest absolute Gasteiger partial charge is 0.391 e. The molecule has 0 N–H and O–H groups in total.